The zero-order valence-corrected chi connectivity index (χ0v) is 15.9. The van der Waals surface area contributed by atoms with E-state index in [2.05, 4.69) is 39.7 Å². The first kappa shape index (κ1) is 18.7. The molecule has 1 aliphatic rings. The summed E-state index contributed by atoms with van der Waals surface area (Å²) in [7, 11) is 1.78. The Morgan fingerprint density at radius 1 is 1.29 bits per heavy atom. The van der Waals surface area contributed by atoms with Gasteiger partial charge in [-0.2, -0.15) is 5.10 Å². The lowest BCUT2D eigenvalue weighted by Crippen LogP contribution is -2.46. The number of hydrogen-bond acceptors (Lipinski definition) is 3. The van der Waals surface area contributed by atoms with E-state index in [0.717, 1.165) is 19.4 Å². The monoisotopic (exact) mass is 333 g/mol. The van der Waals surface area contributed by atoms with Crippen LogP contribution in [-0.2, 0) is 11.8 Å². The van der Waals surface area contributed by atoms with Crippen molar-refractivity contribution in [2.75, 3.05) is 6.54 Å². The van der Waals surface area contributed by atoms with Crippen LogP contribution in [0.2, 0.25) is 0 Å². The first-order chi connectivity index (χ1) is 11.0. The fourth-order valence-electron chi connectivity index (χ4n) is 3.75. The summed E-state index contributed by atoms with van der Waals surface area (Å²) >= 11 is 0. The van der Waals surface area contributed by atoms with Crippen LogP contribution in [0.1, 0.15) is 70.7 Å². The van der Waals surface area contributed by atoms with Crippen LogP contribution in [0.3, 0.4) is 0 Å². The molecule has 1 aromatic rings. The van der Waals surface area contributed by atoms with Crippen molar-refractivity contribution < 1.29 is 9.59 Å². The van der Waals surface area contributed by atoms with Crippen molar-refractivity contribution in [1.82, 2.24) is 14.7 Å². The number of likely N-dealkylation sites (tertiary alicyclic amines) is 1. The highest BCUT2D eigenvalue weighted by atomic mass is 16.2. The van der Waals surface area contributed by atoms with Gasteiger partial charge in [0.1, 0.15) is 0 Å². The Hall–Kier alpha value is -1.65. The van der Waals surface area contributed by atoms with Gasteiger partial charge in [0.05, 0.1) is 11.8 Å². The largest absolute Gasteiger partial charge is 0.337 e. The summed E-state index contributed by atoms with van der Waals surface area (Å²) < 4.78 is 1.61. The third-order valence-electron chi connectivity index (χ3n) is 5.15. The van der Waals surface area contributed by atoms with Crippen LogP contribution in [0.5, 0.6) is 0 Å². The maximum atomic E-state index is 12.7. The van der Waals surface area contributed by atoms with Gasteiger partial charge in [0.2, 0.25) is 5.91 Å². The fraction of sp³-hybridized carbons (Fsp3) is 0.737. The summed E-state index contributed by atoms with van der Waals surface area (Å²) in [5, 5.41) is 4.01. The number of carbonyl (C=O) groups excluding carboxylic acids is 2. The molecule has 5 heteroatoms. The third-order valence-corrected chi connectivity index (χ3v) is 5.15. The van der Waals surface area contributed by atoms with E-state index in [1.165, 1.54) is 0 Å². The number of Topliss-reactive ketones (excluding diaryl/α,β-unsaturated/α-hetero) is 1. The van der Waals surface area contributed by atoms with Gasteiger partial charge >= 0.3 is 0 Å². The Morgan fingerprint density at radius 2 is 1.96 bits per heavy atom. The highest BCUT2D eigenvalue weighted by Crippen LogP contribution is 2.41. The van der Waals surface area contributed by atoms with Gasteiger partial charge in [0.25, 0.3) is 0 Å². The minimum atomic E-state index is -0.137. The number of aromatic nitrogens is 2. The van der Waals surface area contributed by atoms with E-state index in [-0.39, 0.29) is 35.5 Å². The van der Waals surface area contributed by atoms with Gasteiger partial charge in [0, 0.05) is 38.2 Å². The summed E-state index contributed by atoms with van der Waals surface area (Å²) in [6.45, 7) is 11.9. The predicted molar refractivity (Wildman–Crippen MR) is 94.7 cm³/mol. The molecule has 134 valence electrons. The summed E-state index contributed by atoms with van der Waals surface area (Å²) in [4.78, 5) is 26.8. The van der Waals surface area contributed by atoms with Crippen molar-refractivity contribution in [1.29, 1.82) is 0 Å². The van der Waals surface area contributed by atoms with Gasteiger partial charge in [-0.05, 0) is 38.0 Å². The summed E-state index contributed by atoms with van der Waals surface area (Å²) in [6, 6.07) is 0. The maximum Gasteiger partial charge on any atom is 0.223 e. The second-order valence-electron chi connectivity index (χ2n) is 8.78. The molecular formula is C19H31N3O2. The topological polar surface area (TPSA) is 55.2 Å². The SMILES string of the molecule is Cn1cc(C(=O)CCC(=O)N2CCC(CC(C)(C)C)C2(C)C)cn1. The first-order valence-electron chi connectivity index (χ1n) is 8.83. The molecule has 1 atom stereocenters. The van der Waals surface area contributed by atoms with Gasteiger partial charge < -0.3 is 4.90 Å². The average Bonchev–Trinajstić information content (AvgIpc) is 2.99. The Balaban J connectivity index is 1.94. The third kappa shape index (κ3) is 4.25. The van der Waals surface area contributed by atoms with Crippen LogP contribution in [0.15, 0.2) is 12.4 Å². The molecular weight excluding hydrogens is 302 g/mol. The zero-order valence-electron chi connectivity index (χ0n) is 15.9. The number of nitrogens with zero attached hydrogens (tertiary/aromatic N) is 3. The molecule has 5 nitrogen and oxygen atoms in total. The summed E-state index contributed by atoms with van der Waals surface area (Å²) in [6.07, 6.45) is 5.95. The van der Waals surface area contributed by atoms with E-state index >= 15 is 0 Å². The fourth-order valence-corrected chi connectivity index (χ4v) is 3.75. The second kappa shape index (κ2) is 6.69. The van der Waals surface area contributed by atoms with Crippen LogP contribution in [0.25, 0.3) is 0 Å². The van der Waals surface area contributed by atoms with Crippen LogP contribution in [0, 0.1) is 11.3 Å². The highest BCUT2D eigenvalue weighted by Gasteiger charge is 2.44. The van der Waals surface area contributed by atoms with Crippen LogP contribution < -0.4 is 0 Å². The Labute approximate surface area is 145 Å². The van der Waals surface area contributed by atoms with Gasteiger partial charge in [-0.1, -0.05) is 20.8 Å². The van der Waals surface area contributed by atoms with E-state index < -0.39 is 0 Å². The molecule has 0 aromatic carbocycles. The van der Waals surface area contributed by atoms with Gasteiger partial charge in [-0.15, -0.1) is 0 Å². The zero-order chi connectivity index (χ0) is 18.1. The molecule has 0 bridgehead atoms. The van der Waals surface area contributed by atoms with Gasteiger partial charge in [-0.25, -0.2) is 0 Å². The number of ketones is 1. The molecule has 24 heavy (non-hydrogen) atoms. The lowest BCUT2D eigenvalue weighted by atomic mass is 9.76. The molecule has 0 spiro atoms. The van der Waals surface area contributed by atoms with Crippen molar-refractivity contribution in [3.63, 3.8) is 0 Å². The Bertz CT molecular complexity index is 610. The first-order valence-corrected chi connectivity index (χ1v) is 8.83. The van der Waals surface area contributed by atoms with Gasteiger partial charge in [0.15, 0.2) is 5.78 Å². The molecule has 0 N–H and O–H groups in total. The molecule has 2 rings (SSSR count). The molecule has 1 amide bonds. The van der Waals surface area contributed by atoms with Crippen LogP contribution in [0.4, 0.5) is 0 Å². The number of carbonyl (C=O) groups is 2. The van der Waals surface area contributed by atoms with Gasteiger partial charge in [-0.3, -0.25) is 14.3 Å². The summed E-state index contributed by atoms with van der Waals surface area (Å²) in [5.74, 6) is 0.587. The number of aryl methyl sites for hydroxylation is 1. The van der Waals surface area contributed by atoms with Crippen LogP contribution in [-0.4, -0.2) is 38.5 Å². The molecule has 0 aliphatic carbocycles. The molecule has 2 heterocycles. The molecule has 0 saturated carbocycles. The van der Waals surface area contributed by atoms with Crippen LogP contribution >= 0.6 is 0 Å². The molecule has 1 aliphatic heterocycles. The van der Waals surface area contributed by atoms with Crippen molar-refractivity contribution in [3.8, 4) is 0 Å². The van der Waals surface area contributed by atoms with E-state index in [1.54, 1.807) is 24.1 Å². The number of hydrogen-bond donors (Lipinski definition) is 0. The maximum absolute atomic E-state index is 12.7. The predicted octanol–water partition coefficient (Wildman–Crippen LogP) is 3.45. The standard InChI is InChI=1S/C19H31N3O2/c1-18(2,3)11-15-9-10-22(19(15,4)5)17(24)8-7-16(23)14-12-20-21(6)13-14/h12-13,15H,7-11H2,1-6H3. The van der Waals surface area contributed by atoms with E-state index in [1.807, 2.05) is 4.90 Å². The number of rotatable bonds is 5. The lowest BCUT2D eigenvalue weighted by Gasteiger charge is -2.38. The van der Waals surface area contributed by atoms with Crippen molar-refractivity contribution in [2.45, 2.75) is 65.8 Å². The smallest absolute Gasteiger partial charge is 0.223 e. The van der Waals surface area contributed by atoms with E-state index in [9.17, 15) is 9.59 Å². The average molecular weight is 333 g/mol. The lowest BCUT2D eigenvalue weighted by molar-refractivity contribution is -0.135. The van der Waals surface area contributed by atoms with Crippen molar-refractivity contribution >= 4 is 11.7 Å². The minimum Gasteiger partial charge on any atom is -0.337 e. The quantitative estimate of drug-likeness (QED) is 0.776. The molecule has 1 saturated heterocycles. The van der Waals surface area contributed by atoms with E-state index in [0.29, 0.717) is 11.5 Å². The Morgan fingerprint density at radius 3 is 2.50 bits per heavy atom. The summed E-state index contributed by atoms with van der Waals surface area (Å²) in [5.41, 5.74) is 0.704. The Kier molecular flexibility index (Phi) is 5.21. The highest BCUT2D eigenvalue weighted by molar-refractivity contribution is 5.97. The minimum absolute atomic E-state index is 0.0142. The van der Waals surface area contributed by atoms with Crippen molar-refractivity contribution in [2.24, 2.45) is 18.4 Å². The number of amides is 1. The molecule has 1 aromatic heterocycles. The molecule has 1 fully saturated rings. The van der Waals surface area contributed by atoms with Crippen molar-refractivity contribution in [3.05, 3.63) is 18.0 Å². The van der Waals surface area contributed by atoms with E-state index in [4.69, 9.17) is 0 Å². The molecule has 1 unspecified atom stereocenters. The normalized spacial score (nSPS) is 20.4. The molecule has 0 radical (unpaired) electrons. The second-order valence-corrected chi connectivity index (χ2v) is 8.78.